The molecule has 0 saturated heterocycles. The van der Waals surface area contributed by atoms with Crippen molar-refractivity contribution in [3.8, 4) is 0 Å². The summed E-state index contributed by atoms with van der Waals surface area (Å²) in [7, 11) is 0. The molecule has 1 N–H and O–H groups in total. The molecular weight excluding hydrogens is 270 g/mol. The van der Waals surface area contributed by atoms with Gasteiger partial charge in [-0.15, -0.1) is 0 Å². The Morgan fingerprint density at radius 2 is 1.81 bits per heavy atom. The molecule has 5 heteroatoms. The van der Waals surface area contributed by atoms with Crippen LogP contribution in [0.2, 0.25) is 0 Å². The van der Waals surface area contributed by atoms with Gasteiger partial charge >= 0.3 is 5.97 Å². The van der Waals surface area contributed by atoms with E-state index in [1.54, 1.807) is 31.2 Å². The van der Waals surface area contributed by atoms with Gasteiger partial charge in [0.1, 0.15) is 0 Å². The lowest BCUT2D eigenvalue weighted by molar-refractivity contribution is -0.154. The van der Waals surface area contributed by atoms with Crippen molar-refractivity contribution in [3.05, 3.63) is 29.8 Å². The number of hydrogen-bond acceptors (Lipinski definition) is 4. The second kappa shape index (κ2) is 6.08. The highest BCUT2D eigenvalue weighted by Gasteiger charge is 2.41. The number of hydrogen-bond donors (Lipinski definition) is 1. The lowest BCUT2D eigenvalue weighted by Crippen LogP contribution is -2.30. The Bertz CT molecular complexity index is 564. The number of carbonyl (C=O) groups excluding carboxylic acids is 3. The molecule has 0 radical (unpaired) electrons. The summed E-state index contributed by atoms with van der Waals surface area (Å²) in [5.74, 6) is -0.431. The molecule has 0 spiro atoms. The molecule has 0 aromatic heterocycles. The maximum absolute atomic E-state index is 11.9. The summed E-state index contributed by atoms with van der Waals surface area (Å²) >= 11 is 0. The van der Waals surface area contributed by atoms with Gasteiger partial charge in [-0.05, 0) is 50.5 Å². The second-order valence-electron chi connectivity index (χ2n) is 5.52. The molecule has 1 fully saturated rings. The zero-order valence-electron chi connectivity index (χ0n) is 12.4. The van der Waals surface area contributed by atoms with E-state index in [0.717, 1.165) is 6.42 Å². The molecule has 21 heavy (non-hydrogen) atoms. The van der Waals surface area contributed by atoms with Crippen LogP contribution >= 0.6 is 0 Å². The monoisotopic (exact) mass is 289 g/mol. The number of carbonyl (C=O) groups is 3. The standard InChI is InChI=1S/C16H19NO4/c1-9-8-14(9)16(20)21-11(3)15(19)17-13-6-4-12(5-7-13)10(2)18/h4-7,9,11,14H,8H2,1-3H3,(H,17,19)/t9-,11-,14+/m0/s1. The van der Waals surface area contributed by atoms with Gasteiger partial charge in [0.15, 0.2) is 11.9 Å². The number of anilines is 1. The van der Waals surface area contributed by atoms with Crippen LogP contribution in [0.3, 0.4) is 0 Å². The van der Waals surface area contributed by atoms with E-state index in [0.29, 0.717) is 17.2 Å². The van der Waals surface area contributed by atoms with Gasteiger partial charge in [0, 0.05) is 11.3 Å². The summed E-state index contributed by atoms with van der Waals surface area (Å²) in [4.78, 5) is 34.8. The number of ketones is 1. The SMILES string of the molecule is CC(=O)c1ccc(NC(=O)[C@H](C)OC(=O)[C@@H]2C[C@@H]2C)cc1. The van der Waals surface area contributed by atoms with Crippen LogP contribution in [0, 0.1) is 11.8 Å². The molecule has 3 atom stereocenters. The molecule has 5 nitrogen and oxygen atoms in total. The topological polar surface area (TPSA) is 72.5 Å². The first-order chi connectivity index (χ1) is 9.88. The molecular formula is C16H19NO4. The van der Waals surface area contributed by atoms with E-state index in [9.17, 15) is 14.4 Å². The maximum atomic E-state index is 11.9. The van der Waals surface area contributed by atoms with Crippen molar-refractivity contribution < 1.29 is 19.1 Å². The Kier molecular flexibility index (Phi) is 4.40. The minimum Gasteiger partial charge on any atom is -0.452 e. The number of amides is 1. The minimum atomic E-state index is -0.835. The summed E-state index contributed by atoms with van der Waals surface area (Å²) in [5.41, 5.74) is 1.14. The van der Waals surface area contributed by atoms with Crippen molar-refractivity contribution in [2.45, 2.75) is 33.3 Å². The molecule has 1 aliphatic carbocycles. The Hall–Kier alpha value is -2.17. The molecule has 1 aliphatic rings. The highest BCUT2D eigenvalue weighted by atomic mass is 16.5. The zero-order chi connectivity index (χ0) is 15.6. The largest absolute Gasteiger partial charge is 0.452 e. The fourth-order valence-corrected chi connectivity index (χ4v) is 2.00. The van der Waals surface area contributed by atoms with Gasteiger partial charge < -0.3 is 10.1 Å². The average Bonchev–Trinajstić information content (AvgIpc) is 3.16. The van der Waals surface area contributed by atoms with E-state index in [2.05, 4.69) is 5.32 Å². The summed E-state index contributed by atoms with van der Waals surface area (Å²) in [6.07, 6.45) is -0.00237. The molecule has 0 heterocycles. The van der Waals surface area contributed by atoms with Crippen molar-refractivity contribution in [3.63, 3.8) is 0 Å². The number of Topliss-reactive ketones (excluding diaryl/α,β-unsaturated/α-hetero) is 1. The number of nitrogens with one attached hydrogen (secondary N) is 1. The second-order valence-corrected chi connectivity index (χ2v) is 5.52. The first-order valence-electron chi connectivity index (χ1n) is 7.01. The van der Waals surface area contributed by atoms with Crippen molar-refractivity contribution in [1.29, 1.82) is 0 Å². The van der Waals surface area contributed by atoms with Gasteiger partial charge in [0.2, 0.25) is 0 Å². The highest BCUT2D eigenvalue weighted by Crippen LogP contribution is 2.38. The van der Waals surface area contributed by atoms with Gasteiger partial charge in [-0.1, -0.05) is 6.92 Å². The molecule has 1 aromatic rings. The van der Waals surface area contributed by atoms with Gasteiger partial charge in [-0.25, -0.2) is 0 Å². The van der Waals surface area contributed by atoms with Crippen molar-refractivity contribution in [2.24, 2.45) is 11.8 Å². The smallest absolute Gasteiger partial charge is 0.309 e. The molecule has 1 amide bonds. The quantitative estimate of drug-likeness (QED) is 0.667. The fraction of sp³-hybridized carbons (Fsp3) is 0.438. The van der Waals surface area contributed by atoms with Crippen LogP contribution in [0.15, 0.2) is 24.3 Å². The summed E-state index contributed by atoms with van der Waals surface area (Å²) < 4.78 is 5.14. The lowest BCUT2D eigenvalue weighted by atomic mass is 10.1. The van der Waals surface area contributed by atoms with Gasteiger partial charge in [-0.2, -0.15) is 0 Å². The van der Waals surface area contributed by atoms with E-state index in [-0.39, 0.29) is 23.6 Å². The van der Waals surface area contributed by atoms with E-state index in [1.807, 2.05) is 6.92 Å². The molecule has 2 rings (SSSR count). The van der Waals surface area contributed by atoms with Crippen LogP contribution in [0.25, 0.3) is 0 Å². The predicted octanol–water partition coefficient (Wildman–Crippen LogP) is 2.42. The molecule has 1 saturated carbocycles. The van der Waals surface area contributed by atoms with Crippen molar-refractivity contribution in [2.75, 3.05) is 5.32 Å². The number of esters is 1. The number of ether oxygens (including phenoxy) is 1. The third-order valence-corrected chi connectivity index (χ3v) is 3.63. The van der Waals surface area contributed by atoms with Gasteiger partial charge in [0.05, 0.1) is 5.92 Å². The Morgan fingerprint density at radius 1 is 1.24 bits per heavy atom. The summed E-state index contributed by atoms with van der Waals surface area (Å²) in [6, 6.07) is 6.57. The lowest BCUT2D eigenvalue weighted by Gasteiger charge is -2.13. The van der Waals surface area contributed by atoms with Crippen molar-refractivity contribution in [1.82, 2.24) is 0 Å². The van der Waals surface area contributed by atoms with Crippen LogP contribution in [0.4, 0.5) is 5.69 Å². The Labute approximate surface area is 123 Å². The molecule has 0 aliphatic heterocycles. The zero-order valence-corrected chi connectivity index (χ0v) is 12.4. The Balaban J connectivity index is 1.88. The van der Waals surface area contributed by atoms with E-state index < -0.39 is 6.10 Å². The van der Waals surface area contributed by atoms with Crippen LogP contribution in [0.1, 0.15) is 37.6 Å². The maximum Gasteiger partial charge on any atom is 0.309 e. The summed E-state index contributed by atoms with van der Waals surface area (Å²) in [6.45, 7) is 5.01. The normalized spacial score (nSPS) is 21.3. The van der Waals surface area contributed by atoms with Crippen LogP contribution in [0.5, 0.6) is 0 Å². The molecule has 0 bridgehead atoms. The third kappa shape index (κ3) is 3.90. The predicted molar refractivity (Wildman–Crippen MR) is 77.9 cm³/mol. The molecule has 0 unspecified atom stereocenters. The van der Waals surface area contributed by atoms with Crippen LogP contribution in [-0.4, -0.2) is 23.8 Å². The van der Waals surface area contributed by atoms with Gasteiger partial charge in [-0.3, -0.25) is 14.4 Å². The van der Waals surface area contributed by atoms with E-state index in [4.69, 9.17) is 4.74 Å². The third-order valence-electron chi connectivity index (χ3n) is 3.63. The molecule has 1 aromatic carbocycles. The number of benzene rings is 1. The van der Waals surface area contributed by atoms with E-state index >= 15 is 0 Å². The Morgan fingerprint density at radius 3 is 2.29 bits per heavy atom. The number of rotatable bonds is 5. The first-order valence-corrected chi connectivity index (χ1v) is 7.01. The van der Waals surface area contributed by atoms with Gasteiger partial charge in [0.25, 0.3) is 5.91 Å². The van der Waals surface area contributed by atoms with Crippen LogP contribution < -0.4 is 5.32 Å². The highest BCUT2D eigenvalue weighted by molar-refractivity contribution is 5.97. The van der Waals surface area contributed by atoms with Crippen molar-refractivity contribution >= 4 is 23.3 Å². The average molecular weight is 289 g/mol. The van der Waals surface area contributed by atoms with E-state index in [1.165, 1.54) is 6.92 Å². The van der Waals surface area contributed by atoms with Crippen LogP contribution in [-0.2, 0) is 14.3 Å². The molecule has 112 valence electrons. The fourth-order valence-electron chi connectivity index (χ4n) is 2.00. The first kappa shape index (κ1) is 15.2. The summed E-state index contributed by atoms with van der Waals surface area (Å²) in [5, 5.41) is 2.66. The minimum absolute atomic E-state index is 0.0336.